The number of nitrogens with zero attached hydrogens (tertiary/aromatic N) is 4. The second-order valence-corrected chi connectivity index (χ2v) is 7.20. The van der Waals surface area contributed by atoms with Crippen molar-refractivity contribution in [3.63, 3.8) is 0 Å². The molecule has 0 bridgehead atoms. The first-order chi connectivity index (χ1) is 14.3. The highest BCUT2D eigenvalue weighted by Crippen LogP contribution is 2.30. The maximum absolute atomic E-state index is 9.31. The zero-order valence-electron chi connectivity index (χ0n) is 16.2. The van der Waals surface area contributed by atoms with Crippen LogP contribution in [0.1, 0.15) is 28.3 Å². The van der Waals surface area contributed by atoms with Gasteiger partial charge in [0.2, 0.25) is 0 Å². The summed E-state index contributed by atoms with van der Waals surface area (Å²) < 4.78 is 0. The molecule has 4 nitrogen and oxygen atoms in total. The molecule has 4 rings (SSSR count). The van der Waals surface area contributed by atoms with Gasteiger partial charge in [0, 0.05) is 31.9 Å². The number of hydrogen-bond donors (Lipinski definition) is 0. The molecule has 0 radical (unpaired) electrons. The Labute approximate surface area is 171 Å². The third kappa shape index (κ3) is 3.99. The Morgan fingerprint density at radius 3 is 1.72 bits per heavy atom. The van der Waals surface area contributed by atoms with E-state index in [9.17, 15) is 5.26 Å². The van der Waals surface area contributed by atoms with Crippen molar-refractivity contribution in [3.05, 3.63) is 101 Å². The highest BCUT2D eigenvalue weighted by atomic mass is 15.3. The number of piperazine rings is 1. The fourth-order valence-electron chi connectivity index (χ4n) is 4.04. The van der Waals surface area contributed by atoms with Crippen LogP contribution in [0.4, 0.5) is 5.69 Å². The molecule has 1 saturated heterocycles. The van der Waals surface area contributed by atoms with Crippen molar-refractivity contribution < 1.29 is 0 Å². The van der Waals surface area contributed by atoms with Gasteiger partial charge in [-0.3, -0.25) is 4.90 Å². The van der Waals surface area contributed by atoms with Crippen LogP contribution in [-0.4, -0.2) is 31.1 Å². The molecule has 0 aromatic heterocycles. The zero-order valence-corrected chi connectivity index (χ0v) is 16.2. The first-order valence-electron chi connectivity index (χ1n) is 9.83. The van der Waals surface area contributed by atoms with E-state index in [4.69, 9.17) is 5.26 Å². The Morgan fingerprint density at radius 2 is 1.21 bits per heavy atom. The van der Waals surface area contributed by atoms with Crippen LogP contribution in [0.3, 0.4) is 0 Å². The maximum atomic E-state index is 9.31. The average Bonchev–Trinajstić information content (AvgIpc) is 2.81. The van der Waals surface area contributed by atoms with Crippen molar-refractivity contribution in [2.45, 2.75) is 6.04 Å². The van der Waals surface area contributed by atoms with Crippen molar-refractivity contribution >= 4 is 5.69 Å². The predicted octanol–water partition coefficient (Wildman–Crippen LogP) is 4.34. The standard InChI is InChI=1S/C25H22N4/c26-18-22-11-12-24(17-23(22)19-27)28-13-15-29(16-14-28)25(20-7-3-1-4-8-20)21-9-5-2-6-10-21/h1-12,17,25H,13-16H2. The monoisotopic (exact) mass is 378 g/mol. The molecule has 3 aromatic rings. The SMILES string of the molecule is N#Cc1ccc(N2CCN(C(c3ccccc3)c3ccccc3)CC2)cc1C#N. The summed E-state index contributed by atoms with van der Waals surface area (Å²) in [5.74, 6) is 0. The lowest BCUT2D eigenvalue weighted by Gasteiger charge is -2.40. The highest BCUT2D eigenvalue weighted by molar-refractivity contribution is 5.58. The van der Waals surface area contributed by atoms with E-state index in [2.05, 4.69) is 82.6 Å². The molecule has 1 heterocycles. The first kappa shape index (κ1) is 18.7. The van der Waals surface area contributed by atoms with Gasteiger partial charge < -0.3 is 4.90 Å². The fourth-order valence-corrected chi connectivity index (χ4v) is 4.04. The summed E-state index contributed by atoms with van der Waals surface area (Å²) in [4.78, 5) is 4.82. The second kappa shape index (κ2) is 8.61. The summed E-state index contributed by atoms with van der Waals surface area (Å²) in [7, 11) is 0. The van der Waals surface area contributed by atoms with Crippen molar-refractivity contribution in [3.8, 4) is 12.1 Å². The molecule has 1 fully saturated rings. The normalized spacial score (nSPS) is 14.4. The molecule has 3 aromatic carbocycles. The Kier molecular flexibility index (Phi) is 5.56. The van der Waals surface area contributed by atoms with E-state index in [1.165, 1.54) is 11.1 Å². The first-order valence-corrected chi connectivity index (χ1v) is 9.83. The van der Waals surface area contributed by atoms with Gasteiger partial charge in [0.1, 0.15) is 12.1 Å². The zero-order chi connectivity index (χ0) is 20.1. The number of benzene rings is 3. The van der Waals surface area contributed by atoms with Crippen molar-refractivity contribution in [2.75, 3.05) is 31.1 Å². The molecule has 0 atom stereocenters. The summed E-state index contributed by atoms with van der Waals surface area (Å²) in [5, 5.41) is 18.5. The van der Waals surface area contributed by atoms with Gasteiger partial charge in [0.05, 0.1) is 17.2 Å². The summed E-state index contributed by atoms with van der Waals surface area (Å²) in [6.45, 7) is 3.62. The highest BCUT2D eigenvalue weighted by Gasteiger charge is 2.26. The van der Waals surface area contributed by atoms with Gasteiger partial charge in [-0.05, 0) is 29.3 Å². The minimum Gasteiger partial charge on any atom is -0.369 e. The van der Waals surface area contributed by atoms with Gasteiger partial charge in [0.25, 0.3) is 0 Å². The molecule has 0 spiro atoms. The van der Waals surface area contributed by atoms with Crippen LogP contribution in [-0.2, 0) is 0 Å². The lowest BCUT2D eigenvalue weighted by molar-refractivity contribution is 0.212. The summed E-state index contributed by atoms with van der Waals surface area (Å²) in [6.07, 6.45) is 0. The molecule has 0 amide bonds. The van der Waals surface area contributed by atoms with Crippen LogP contribution in [0.15, 0.2) is 78.9 Å². The Morgan fingerprint density at radius 1 is 0.655 bits per heavy atom. The van der Waals surface area contributed by atoms with E-state index in [1.54, 1.807) is 6.07 Å². The van der Waals surface area contributed by atoms with Crippen molar-refractivity contribution in [2.24, 2.45) is 0 Å². The minimum absolute atomic E-state index is 0.232. The van der Waals surface area contributed by atoms with Crippen LogP contribution >= 0.6 is 0 Å². The Bertz CT molecular complexity index is 1000. The predicted molar refractivity (Wildman–Crippen MR) is 114 cm³/mol. The molecule has 0 aliphatic carbocycles. The summed E-state index contributed by atoms with van der Waals surface area (Å²) in [6, 6.07) is 31.3. The fraction of sp³-hybridized carbons (Fsp3) is 0.200. The molecule has 0 unspecified atom stereocenters. The Balaban J connectivity index is 1.55. The van der Waals surface area contributed by atoms with Crippen LogP contribution in [0.2, 0.25) is 0 Å². The van der Waals surface area contributed by atoms with Crippen LogP contribution in [0, 0.1) is 22.7 Å². The number of nitriles is 2. The van der Waals surface area contributed by atoms with Crippen LogP contribution < -0.4 is 4.90 Å². The maximum Gasteiger partial charge on any atom is 0.101 e. The second-order valence-electron chi connectivity index (χ2n) is 7.20. The summed E-state index contributed by atoms with van der Waals surface area (Å²) in [5.41, 5.74) is 4.49. The van der Waals surface area contributed by atoms with E-state index in [0.717, 1.165) is 31.9 Å². The molecule has 1 aliphatic heterocycles. The van der Waals surface area contributed by atoms with Gasteiger partial charge in [0.15, 0.2) is 0 Å². The van der Waals surface area contributed by atoms with Gasteiger partial charge in [-0.15, -0.1) is 0 Å². The summed E-state index contributed by atoms with van der Waals surface area (Å²) >= 11 is 0. The quantitative estimate of drug-likeness (QED) is 0.678. The molecule has 1 aliphatic rings. The lowest BCUT2D eigenvalue weighted by Crippen LogP contribution is -2.48. The van der Waals surface area contributed by atoms with E-state index in [0.29, 0.717) is 11.1 Å². The van der Waals surface area contributed by atoms with E-state index < -0.39 is 0 Å². The molecule has 29 heavy (non-hydrogen) atoms. The number of anilines is 1. The third-order valence-corrected chi connectivity index (χ3v) is 5.52. The van der Waals surface area contributed by atoms with Crippen LogP contribution in [0.5, 0.6) is 0 Å². The lowest BCUT2D eigenvalue weighted by atomic mass is 9.96. The van der Waals surface area contributed by atoms with Gasteiger partial charge in [-0.2, -0.15) is 10.5 Å². The van der Waals surface area contributed by atoms with Crippen molar-refractivity contribution in [1.82, 2.24) is 4.90 Å². The molecular weight excluding hydrogens is 356 g/mol. The van der Waals surface area contributed by atoms with E-state index >= 15 is 0 Å². The van der Waals surface area contributed by atoms with Gasteiger partial charge in [-0.1, -0.05) is 60.7 Å². The van der Waals surface area contributed by atoms with Crippen molar-refractivity contribution in [1.29, 1.82) is 10.5 Å². The average molecular weight is 378 g/mol. The molecule has 142 valence electrons. The largest absolute Gasteiger partial charge is 0.369 e. The van der Waals surface area contributed by atoms with Gasteiger partial charge in [-0.25, -0.2) is 0 Å². The topological polar surface area (TPSA) is 54.1 Å². The number of hydrogen-bond acceptors (Lipinski definition) is 4. The molecule has 0 saturated carbocycles. The minimum atomic E-state index is 0.232. The van der Waals surface area contributed by atoms with Crippen LogP contribution in [0.25, 0.3) is 0 Å². The molecule has 4 heteroatoms. The smallest absolute Gasteiger partial charge is 0.101 e. The van der Waals surface area contributed by atoms with E-state index in [1.807, 2.05) is 12.1 Å². The van der Waals surface area contributed by atoms with E-state index in [-0.39, 0.29) is 6.04 Å². The molecular formula is C25H22N4. The van der Waals surface area contributed by atoms with Gasteiger partial charge >= 0.3 is 0 Å². The third-order valence-electron chi connectivity index (χ3n) is 5.52. The Hall–Kier alpha value is -3.60. The number of rotatable bonds is 4. The molecule has 0 N–H and O–H groups in total.